The number of halogens is 5. The predicted octanol–water partition coefficient (Wildman–Crippen LogP) is 3.81. The summed E-state index contributed by atoms with van der Waals surface area (Å²) < 4.78 is 37.2. The molecule has 0 aliphatic carbocycles. The van der Waals surface area contributed by atoms with E-state index in [0.29, 0.717) is 42.8 Å². The molecule has 2 aliphatic rings. The van der Waals surface area contributed by atoms with Crippen molar-refractivity contribution in [1.29, 1.82) is 0 Å². The van der Waals surface area contributed by atoms with E-state index in [-0.39, 0.29) is 31.7 Å². The number of hydrogen-bond donors (Lipinski definition) is 6. The van der Waals surface area contributed by atoms with Gasteiger partial charge in [0.2, 0.25) is 23.6 Å². The number of alkyl halides is 3. The van der Waals surface area contributed by atoms with E-state index in [4.69, 9.17) is 37.8 Å². The average Bonchev–Trinajstić information content (AvgIpc) is 3.59. The molecule has 6 rings (SSSR count). The van der Waals surface area contributed by atoms with Crippen LogP contribution in [0, 0.1) is 0 Å². The van der Waals surface area contributed by atoms with Gasteiger partial charge in [-0.3, -0.25) is 24.1 Å². The van der Waals surface area contributed by atoms with Gasteiger partial charge in [0, 0.05) is 49.6 Å². The molecule has 0 spiro atoms. The molecule has 6 N–H and O–H groups in total. The number of nitrogens with zero attached hydrogens (tertiary/aromatic N) is 1. The van der Waals surface area contributed by atoms with Crippen LogP contribution in [0.25, 0.3) is 10.9 Å². The van der Waals surface area contributed by atoms with Gasteiger partial charge < -0.3 is 36.1 Å². The van der Waals surface area contributed by atoms with E-state index in [9.17, 15) is 32.3 Å². The second-order valence-electron chi connectivity index (χ2n) is 13.5. The van der Waals surface area contributed by atoms with E-state index in [1.54, 1.807) is 12.1 Å². The van der Waals surface area contributed by atoms with Crippen LogP contribution < -0.4 is 21.3 Å². The SMILES string of the molecule is O=C(O)C(F)(F)F.O=C1C[C@@H](N2CCOCC2)C(=O)NC[C@@H](Cc2ccc(Cl)c(Cl)c2)NC(=O)[C@H](Cc2ccccc2)NC(=O)[C@H](Cc2c[nH]c3ccccc23)N1. The maximum atomic E-state index is 14.2. The van der Waals surface area contributed by atoms with Crippen molar-refractivity contribution >= 4 is 63.7 Å². The van der Waals surface area contributed by atoms with Crippen molar-refractivity contribution in [3.63, 3.8) is 0 Å². The van der Waals surface area contributed by atoms with Crippen LogP contribution in [-0.4, -0.2) is 108 Å². The molecule has 4 aromatic rings. The number of para-hydroxylation sites is 1. The van der Waals surface area contributed by atoms with E-state index in [1.807, 2.05) is 71.8 Å². The third-order valence-electron chi connectivity index (χ3n) is 9.41. The summed E-state index contributed by atoms with van der Waals surface area (Å²) in [6, 6.07) is 18.9. The Kier molecular flexibility index (Phi) is 14.9. The summed E-state index contributed by atoms with van der Waals surface area (Å²) in [6.07, 6.45) is -2.74. The van der Waals surface area contributed by atoms with E-state index in [2.05, 4.69) is 26.3 Å². The lowest BCUT2D eigenvalue weighted by atomic mass is 10.00. The number of carbonyl (C=O) groups excluding carboxylic acids is 4. The van der Waals surface area contributed by atoms with Gasteiger partial charge in [0.25, 0.3) is 0 Å². The lowest BCUT2D eigenvalue weighted by Crippen LogP contribution is -2.60. The van der Waals surface area contributed by atoms with Crippen LogP contribution in [0.1, 0.15) is 23.1 Å². The number of nitrogens with one attached hydrogen (secondary N) is 5. The van der Waals surface area contributed by atoms with Crippen molar-refractivity contribution in [2.24, 2.45) is 0 Å². The highest BCUT2D eigenvalue weighted by atomic mass is 35.5. The van der Waals surface area contributed by atoms with Crippen LogP contribution in [0.3, 0.4) is 0 Å². The second-order valence-corrected chi connectivity index (χ2v) is 14.3. The zero-order valence-corrected chi connectivity index (χ0v) is 31.9. The van der Waals surface area contributed by atoms with Gasteiger partial charge >= 0.3 is 12.1 Å². The zero-order valence-electron chi connectivity index (χ0n) is 30.4. The number of carboxylic acid groups (broad SMARTS) is 1. The van der Waals surface area contributed by atoms with Crippen LogP contribution in [0.4, 0.5) is 13.2 Å². The number of carbonyl (C=O) groups is 5. The Morgan fingerprint density at radius 3 is 2.12 bits per heavy atom. The van der Waals surface area contributed by atoms with E-state index >= 15 is 0 Å². The van der Waals surface area contributed by atoms with Crippen LogP contribution in [0.15, 0.2) is 79.0 Å². The average molecular weight is 834 g/mol. The summed E-state index contributed by atoms with van der Waals surface area (Å²) in [4.78, 5) is 69.9. The Morgan fingerprint density at radius 1 is 0.789 bits per heavy atom. The minimum atomic E-state index is -5.08. The molecule has 1 aromatic heterocycles. The predicted molar refractivity (Wildman–Crippen MR) is 206 cm³/mol. The Bertz CT molecular complexity index is 2050. The number of carboxylic acids is 1. The number of benzene rings is 3. The molecule has 57 heavy (non-hydrogen) atoms. The van der Waals surface area contributed by atoms with Crippen LogP contribution >= 0.6 is 23.2 Å². The molecule has 0 saturated carbocycles. The van der Waals surface area contributed by atoms with Crippen molar-refractivity contribution in [3.8, 4) is 0 Å². The minimum Gasteiger partial charge on any atom is -0.475 e. The third-order valence-corrected chi connectivity index (χ3v) is 10.2. The second kappa shape index (κ2) is 19.8. The lowest BCUT2D eigenvalue weighted by Gasteiger charge is -2.34. The maximum absolute atomic E-state index is 14.2. The normalized spacial score (nSPS) is 21.6. The van der Waals surface area contributed by atoms with Gasteiger partial charge in [-0.2, -0.15) is 13.2 Å². The van der Waals surface area contributed by atoms with E-state index in [1.165, 1.54) is 0 Å². The number of ether oxygens (including phenoxy) is 1. The summed E-state index contributed by atoms with van der Waals surface area (Å²) in [7, 11) is 0. The van der Waals surface area contributed by atoms with Crippen molar-refractivity contribution in [3.05, 3.63) is 106 Å². The molecule has 3 aromatic carbocycles. The lowest BCUT2D eigenvalue weighted by molar-refractivity contribution is -0.192. The number of aliphatic carboxylic acids is 1. The number of morpholine rings is 1. The number of amides is 4. The van der Waals surface area contributed by atoms with Crippen LogP contribution in [0.5, 0.6) is 0 Å². The zero-order chi connectivity index (χ0) is 41.1. The number of aromatic nitrogens is 1. The standard InChI is InChI=1S/C37H40Cl2N6O5.C2HF3O2/c38-28-11-10-24(17-29(28)39)16-26-22-41-37(49)33(45-12-14-50-15-13-45)20-34(46)43-32(19-25-21-40-30-9-5-4-8-27(25)30)36(48)44-31(35(47)42-26)18-23-6-2-1-3-7-23;3-2(4,5)1(6)7/h1-11,17,21,26,31-33,40H,12-16,18-20,22H2,(H,41,49)(H,42,47)(H,43,46)(H,44,48);(H,6,7)/t26-,31+,32+,33-;/m1./s1. The maximum Gasteiger partial charge on any atom is 0.490 e. The molecule has 4 atom stereocenters. The highest BCUT2D eigenvalue weighted by molar-refractivity contribution is 6.42. The fourth-order valence-electron chi connectivity index (χ4n) is 6.54. The minimum absolute atomic E-state index is 0.0719. The summed E-state index contributed by atoms with van der Waals surface area (Å²) in [5, 5.41) is 20.8. The quantitative estimate of drug-likeness (QED) is 0.163. The van der Waals surface area contributed by atoms with Gasteiger partial charge in [-0.05, 0) is 41.3 Å². The molecular weight excluding hydrogens is 792 g/mol. The highest BCUT2D eigenvalue weighted by Crippen LogP contribution is 2.24. The summed E-state index contributed by atoms with van der Waals surface area (Å²) >= 11 is 12.5. The van der Waals surface area contributed by atoms with Crippen LogP contribution in [0.2, 0.25) is 10.0 Å². The molecule has 304 valence electrons. The Balaban J connectivity index is 0.000000811. The van der Waals surface area contributed by atoms with E-state index in [0.717, 1.165) is 27.6 Å². The van der Waals surface area contributed by atoms with Crippen molar-refractivity contribution in [1.82, 2.24) is 31.2 Å². The number of rotatable bonds is 7. The fraction of sp³-hybridized carbons (Fsp3) is 0.359. The summed E-state index contributed by atoms with van der Waals surface area (Å²) in [5.41, 5.74) is 3.37. The molecule has 2 aliphatic heterocycles. The monoisotopic (exact) mass is 832 g/mol. The first-order valence-corrected chi connectivity index (χ1v) is 18.8. The Morgan fingerprint density at radius 2 is 1.44 bits per heavy atom. The fourth-order valence-corrected chi connectivity index (χ4v) is 6.86. The molecule has 3 heterocycles. The molecule has 13 nitrogen and oxygen atoms in total. The number of aromatic amines is 1. The smallest absolute Gasteiger partial charge is 0.475 e. The molecular formula is C39H41Cl2F3N6O7. The van der Waals surface area contributed by atoms with E-state index < -0.39 is 54.0 Å². The topological polar surface area (TPSA) is 182 Å². The van der Waals surface area contributed by atoms with Crippen molar-refractivity contribution in [2.75, 3.05) is 32.8 Å². The first-order valence-electron chi connectivity index (χ1n) is 18.0. The first kappa shape index (κ1) is 43.0. The van der Waals surface area contributed by atoms with Crippen LogP contribution in [-0.2, 0) is 48.0 Å². The van der Waals surface area contributed by atoms with Gasteiger partial charge in [-0.1, -0.05) is 77.8 Å². The molecule has 0 radical (unpaired) electrons. The van der Waals surface area contributed by atoms with Crippen molar-refractivity contribution < 1.29 is 47.0 Å². The summed E-state index contributed by atoms with van der Waals surface area (Å²) in [5.74, 6) is -4.51. The van der Waals surface area contributed by atoms with Gasteiger partial charge in [0.15, 0.2) is 0 Å². The van der Waals surface area contributed by atoms with Crippen molar-refractivity contribution in [2.45, 2.75) is 56.0 Å². The molecule has 2 saturated heterocycles. The molecule has 4 amide bonds. The number of H-pyrrole nitrogens is 1. The largest absolute Gasteiger partial charge is 0.490 e. The Labute approximate surface area is 335 Å². The number of fused-ring (bicyclic) bond motifs is 1. The molecule has 18 heteroatoms. The number of hydrogen-bond acceptors (Lipinski definition) is 7. The first-order chi connectivity index (χ1) is 27.2. The van der Waals surface area contributed by atoms with Gasteiger partial charge in [0.05, 0.1) is 41.8 Å². The summed E-state index contributed by atoms with van der Waals surface area (Å²) in [6.45, 7) is 1.86. The molecule has 0 bridgehead atoms. The third kappa shape index (κ3) is 12.4. The molecule has 0 unspecified atom stereocenters. The molecule has 2 fully saturated rings. The highest BCUT2D eigenvalue weighted by Gasteiger charge is 2.38. The van der Waals surface area contributed by atoms with Gasteiger partial charge in [-0.15, -0.1) is 0 Å². The van der Waals surface area contributed by atoms with Gasteiger partial charge in [-0.25, -0.2) is 4.79 Å². The Hall–Kier alpha value is -5.16. The van der Waals surface area contributed by atoms with Gasteiger partial charge in [0.1, 0.15) is 12.1 Å².